The lowest BCUT2D eigenvalue weighted by atomic mass is 9.86. The first-order valence-corrected chi connectivity index (χ1v) is 10.3. The number of aromatic nitrogens is 3. The van der Waals surface area contributed by atoms with Crippen LogP contribution in [0.1, 0.15) is 36.8 Å². The molecule has 1 atom stereocenters. The molecule has 0 bridgehead atoms. The van der Waals surface area contributed by atoms with Gasteiger partial charge in [-0.3, -0.25) is 14.3 Å². The van der Waals surface area contributed by atoms with Gasteiger partial charge in [-0.15, -0.1) is 0 Å². The molecule has 2 heterocycles. The first-order valence-electron chi connectivity index (χ1n) is 10.3. The molecule has 4 rings (SSSR count). The van der Waals surface area contributed by atoms with Crippen molar-refractivity contribution in [3.05, 3.63) is 72.2 Å². The molecule has 8 nitrogen and oxygen atoms in total. The Morgan fingerprint density at radius 1 is 1.16 bits per heavy atom. The summed E-state index contributed by atoms with van der Waals surface area (Å²) in [4.78, 5) is 29.4. The lowest BCUT2D eigenvalue weighted by Gasteiger charge is -2.28. The predicted octanol–water partition coefficient (Wildman–Crippen LogP) is 3.37. The number of oxazole rings is 1. The number of primary amides is 1. The van der Waals surface area contributed by atoms with E-state index in [1.54, 1.807) is 10.9 Å². The van der Waals surface area contributed by atoms with Gasteiger partial charge in [0.25, 0.3) is 5.91 Å². The fourth-order valence-electron chi connectivity index (χ4n) is 3.64. The van der Waals surface area contributed by atoms with Gasteiger partial charge in [-0.2, -0.15) is 5.10 Å². The van der Waals surface area contributed by atoms with Crippen molar-refractivity contribution < 1.29 is 14.0 Å². The minimum atomic E-state index is -0.848. The number of fused-ring (bicyclic) bond motifs is 1. The molecule has 2 aromatic heterocycles. The molecule has 164 valence electrons. The van der Waals surface area contributed by atoms with Gasteiger partial charge >= 0.3 is 0 Å². The Balaban J connectivity index is 1.79. The van der Waals surface area contributed by atoms with Crippen LogP contribution < -0.4 is 11.1 Å². The van der Waals surface area contributed by atoms with Crippen molar-refractivity contribution in [2.75, 3.05) is 0 Å². The van der Waals surface area contributed by atoms with E-state index >= 15 is 0 Å². The number of nitrogens with two attached hydrogens (primary N) is 1. The zero-order chi connectivity index (χ0) is 22.9. The van der Waals surface area contributed by atoms with Gasteiger partial charge < -0.3 is 15.5 Å². The molecule has 2 amide bonds. The summed E-state index contributed by atoms with van der Waals surface area (Å²) < 4.78 is 7.19. The lowest BCUT2D eigenvalue weighted by molar-refractivity contribution is -0.122. The van der Waals surface area contributed by atoms with Crippen LogP contribution in [-0.2, 0) is 11.3 Å². The lowest BCUT2D eigenvalue weighted by Crippen LogP contribution is -2.52. The monoisotopic (exact) mass is 431 g/mol. The molecule has 8 heteroatoms. The maximum atomic E-state index is 13.2. The minimum Gasteiger partial charge on any atom is -0.445 e. The molecular formula is C24H25N5O3. The zero-order valence-electron chi connectivity index (χ0n) is 18.2. The predicted molar refractivity (Wildman–Crippen MR) is 121 cm³/mol. The fraction of sp³-hybridized carbons (Fsp3) is 0.250. The van der Waals surface area contributed by atoms with Gasteiger partial charge in [0.2, 0.25) is 11.8 Å². The maximum Gasteiger partial charge on any atom is 0.273 e. The third-order valence-corrected chi connectivity index (χ3v) is 5.25. The summed E-state index contributed by atoms with van der Waals surface area (Å²) in [6.45, 7) is 6.02. The first-order chi connectivity index (χ1) is 15.2. The Labute approximate surface area is 185 Å². The standard InChI is InChI=1S/C24H25N5O3/c1-24(2,3)20(21(25)30)27-22(31)19-17-13-16(23-26-11-12-32-23)9-10-18(17)29(28-19)14-15-7-5-4-6-8-15/h4-13,20H,14H2,1-3H3,(H2,25,30)(H,27,31)/t20-/m1/s1. The highest BCUT2D eigenvalue weighted by Gasteiger charge is 2.32. The SMILES string of the molecule is CC(C)(C)[C@H](NC(=O)c1nn(Cc2ccccc2)c2ccc(-c3ncco3)cc12)C(N)=O. The molecule has 0 aliphatic rings. The van der Waals surface area contributed by atoms with E-state index in [1.807, 2.05) is 69.3 Å². The highest BCUT2D eigenvalue weighted by molar-refractivity contribution is 6.07. The summed E-state index contributed by atoms with van der Waals surface area (Å²) in [6.07, 6.45) is 3.06. The second-order valence-electron chi connectivity index (χ2n) is 8.74. The highest BCUT2D eigenvalue weighted by Crippen LogP contribution is 2.27. The van der Waals surface area contributed by atoms with Crippen molar-refractivity contribution in [2.24, 2.45) is 11.1 Å². The van der Waals surface area contributed by atoms with Crippen molar-refractivity contribution >= 4 is 22.7 Å². The van der Waals surface area contributed by atoms with Gasteiger partial charge in [0.1, 0.15) is 12.3 Å². The quantitative estimate of drug-likeness (QED) is 0.486. The first kappa shape index (κ1) is 21.3. The van der Waals surface area contributed by atoms with Crippen molar-refractivity contribution in [1.82, 2.24) is 20.1 Å². The van der Waals surface area contributed by atoms with Gasteiger partial charge in [0.05, 0.1) is 18.3 Å². The molecule has 0 unspecified atom stereocenters. The van der Waals surface area contributed by atoms with Crippen molar-refractivity contribution in [1.29, 1.82) is 0 Å². The van der Waals surface area contributed by atoms with E-state index in [9.17, 15) is 9.59 Å². The molecular weight excluding hydrogens is 406 g/mol. The molecule has 0 aliphatic carbocycles. The fourth-order valence-corrected chi connectivity index (χ4v) is 3.64. The maximum absolute atomic E-state index is 13.2. The van der Waals surface area contributed by atoms with E-state index in [0.717, 1.165) is 16.6 Å². The normalized spacial score (nSPS) is 12.6. The Bertz CT molecular complexity index is 1250. The Morgan fingerprint density at radius 2 is 1.91 bits per heavy atom. The van der Waals surface area contributed by atoms with Gasteiger partial charge in [-0.1, -0.05) is 51.1 Å². The molecule has 0 saturated heterocycles. The van der Waals surface area contributed by atoms with E-state index in [-0.39, 0.29) is 5.69 Å². The van der Waals surface area contributed by atoms with Crippen LogP contribution in [0.25, 0.3) is 22.4 Å². The van der Waals surface area contributed by atoms with Gasteiger partial charge in [-0.05, 0) is 29.2 Å². The third kappa shape index (κ3) is 4.25. The molecule has 0 radical (unpaired) electrons. The van der Waals surface area contributed by atoms with Gasteiger partial charge in [-0.25, -0.2) is 4.98 Å². The van der Waals surface area contributed by atoms with Crippen LogP contribution >= 0.6 is 0 Å². The number of carbonyl (C=O) groups is 2. The number of rotatable bonds is 6. The Morgan fingerprint density at radius 3 is 2.53 bits per heavy atom. The summed E-state index contributed by atoms with van der Waals surface area (Å²) in [5.41, 5.74) is 7.76. The molecule has 2 aromatic carbocycles. The largest absolute Gasteiger partial charge is 0.445 e. The zero-order valence-corrected chi connectivity index (χ0v) is 18.2. The van der Waals surface area contributed by atoms with E-state index < -0.39 is 23.3 Å². The number of carbonyl (C=O) groups excluding carboxylic acids is 2. The third-order valence-electron chi connectivity index (χ3n) is 5.25. The molecule has 32 heavy (non-hydrogen) atoms. The topological polar surface area (TPSA) is 116 Å². The second kappa shape index (κ2) is 8.30. The van der Waals surface area contributed by atoms with Crippen LogP contribution in [-0.4, -0.2) is 32.6 Å². The highest BCUT2D eigenvalue weighted by atomic mass is 16.3. The summed E-state index contributed by atoms with van der Waals surface area (Å²) in [5, 5.41) is 8.00. The smallest absolute Gasteiger partial charge is 0.273 e. The number of nitrogens with one attached hydrogen (secondary N) is 1. The number of hydrogen-bond acceptors (Lipinski definition) is 5. The molecule has 0 saturated carbocycles. The van der Waals surface area contributed by atoms with Crippen LogP contribution in [0.2, 0.25) is 0 Å². The van der Waals surface area contributed by atoms with E-state index in [2.05, 4.69) is 15.4 Å². The average Bonchev–Trinajstić information content (AvgIpc) is 3.40. The number of hydrogen-bond donors (Lipinski definition) is 2. The van der Waals surface area contributed by atoms with Crippen LogP contribution in [0.5, 0.6) is 0 Å². The molecule has 3 N–H and O–H groups in total. The van der Waals surface area contributed by atoms with Gasteiger partial charge in [0.15, 0.2) is 5.69 Å². The summed E-state index contributed by atoms with van der Waals surface area (Å²) in [6, 6.07) is 14.6. The summed E-state index contributed by atoms with van der Waals surface area (Å²) in [7, 11) is 0. The van der Waals surface area contributed by atoms with E-state index in [1.165, 1.54) is 6.26 Å². The van der Waals surface area contributed by atoms with E-state index in [0.29, 0.717) is 17.8 Å². The van der Waals surface area contributed by atoms with E-state index in [4.69, 9.17) is 10.2 Å². The van der Waals surface area contributed by atoms with Crippen molar-refractivity contribution in [3.8, 4) is 11.5 Å². The van der Waals surface area contributed by atoms with Crippen LogP contribution in [0.15, 0.2) is 65.4 Å². The Hall–Kier alpha value is -3.94. The van der Waals surface area contributed by atoms with Crippen LogP contribution in [0.4, 0.5) is 0 Å². The average molecular weight is 431 g/mol. The molecule has 0 aliphatic heterocycles. The number of benzene rings is 2. The van der Waals surface area contributed by atoms with Gasteiger partial charge in [0, 0.05) is 10.9 Å². The second-order valence-corrected chi connectivity index (χ2v) is 8.74. The molecule has 0 spiro atoms. The summed E-state index contributed by atoms with van der Waals surface area (Å²) in [5.74, 6) is -0.622. The van der Waals surface area contributed by atoms with Crippen LogP contribution in [0, 0.1) is 5.41 Å². The summed E-state index contributed by atoms with van der Waals surface area (Å²) >= 11 is 0. The molecule has 4 aromatic rings. The minimum absolute atomic E-state index is 0.208. The van der Waals surface area contributed by atoms with Crippen molar-refractivity contribution in [2.45, 2.75) is 33.4 Å². The Kier molecular flexibility index (Phi) is 5.52. The molecule has 0 fully saturated rings. The number of amides is 2. The van der Waals surface area contributed by atoms with Crippen LogP contribution in [0.3, 0.4) is 0 Å². The van der Waals surface area contributed by atoms with Crippen molar-refractivity contribution in [3.63, 3.8) is 0 Å². The number of nitrogens with zero attached hydrogens (tertiary/aromatic N) is 3.